The second kappa shape index (κ2) is 8.12. The summed E-state index contributed by atoms with van der Waals surface area (Å²) < 4.78 is 26.5. The molecule has 1 amide bonds. The molecule has 0 aliphatic carbocycles. The number of amides is 1. The van der Waals surface area contributed by atoms with Crippen molar-refractivity contribution in [2.75, 3.05) is 25.0 Å². The molecule has 3 N–H and O–H groups in total. The molecule has 1 aliphatic rings. The van der Waals surface area contributed by atoms with Gasteiger partial charge < -0.3 is 11.1 Å². The van der Waals surface area contributed by atoms with Gasteiger partial charge in [-0.05, 0) is 31.0 Å². The number of sulfonamides is 1. The zero-order valence-electron chi connectivity index (χ0n) is 11.9. The fraction of sp³-hybridized carbons (Fsp3) is 0.462. The van der Waals surface area contributed by atoms with Crippen molar-refractivity contribution >= 4 is 45.6 Å². The van der Waals surface area contributed by atoms with E-state index >= 15 is 0 Å². The van der Waals surface area contributed by atoms with Crippen molar-refractivity contribution in [2.24, 2.45) is 5.73 Å². The van der Waals surface area contributed by atoms with E-state index in [9.17, 15) is 13.2 Å². The Morgan fingerprint density at radius 2 is 1.95 bits per heavy atom. The quantitative estimate of drug-likeness (QED) is 0.829. The Hall–Kier alpha value is -0.860. The van der Waals surface area contributed by atoms with Crippen molar-refractivity contribution in [1.29, 1.82) is 0 Å². The third-order valence-corrected chi connectivity index (χ3v) is 5.65. The molecule has 1 aliphatic heterocycles. The van der Waals surface area contributed by atoms with Crippen LogP contribution in [-0.2, 0) is 14.8 Å². The fourth-order valence-corrected chi connectivity index (χ4v) is 4.22. The van der Waals surface area contributed by atoms with Gasteiger partial charge in [-0.15, -0.1) is 12.4 Å². The average molecular weight is 368 g/mol. The Kier molecular flexibility index (Phi) is 7.08. The standard InChI is InChI=1S/C13H18ClN3O3S.ClH/c14-11-4-3-10(16-13(18)5-6-15)9-12(11)21(19,20)17-7-1-2-8-17;/h3-4,9H,1-2,5-8,15H2,(H,16,18);1H. The van der Waals surface area contributed by atoms with Crippen LogP contribution in [0.1, 0.15) is 19.3 Å². The van der Waals surface area contributed by atoms with Gasteiger partial charge >= 0.3 is 0 Å². The average Bonchev–Trinajstić information content (AvgIpc) is 2.96. The molecule has 0 atom stereocenters. The molecule has 1 fully saturated rings. The number of benzene rings is 1. The van der Waals surface area contributed by atoms with Crippen LogP contribution in [0.5, 0.6) is 0 Å². The van der Waals surface area contributed by atoms with Crippen molar-refractivity contribution in [1.82, 2.24) is 4.31 Å². The molecule has 0 spiro atoms. The van der Waals surface area contributed by atoms with Crippen LogP contribution in [-0.4, -0.2) is 38.3 Å². The van der Waals surface area contributed by atoms with E-state index in [0.29, 0.717) is 18.8 Å². The first-order valence-corrected chi connectivity index (χ1v) is 8.56. The van der Waals surface area contributed by atoms with Crippen molar-refractivity contribution < 1.29 is 13.2 Å². The molecule has 0 aromatic heterocycles. The molecule has 0 bridgehead atoms. The predicted octanol–water partition coefficient (Wildman–Crippen LogP) is 1.83. The van der Waals surface area contributed by atoms with Crippen LogP contribution in [0.4, 0.5) is 5.69 Å². The number of carbonyl (C=O) groups is 1. The summed E-state index contributed by atoms with van der Waals surface area (Å²) in [5.74, 6) is -0.260. The number of carbonyl (C=O) groups excluding carboxylic acids is 1. The van der Waals surface area contributed by atoms with Crippen LogP contribution < -0.4 is 11.1 Å². The maximum absolute atomic E-state index is 12.5. The third kappa shape index (κ3) is 4.33. The number of nitrogens with two attached hydrogens (primary N) is 1. The summed E-state index contributed by atoms with van der Waals surface area (Å²) >= 11 is 6.02. The molecule has 6 nitrogen and oxygen atoms in total. The second-order valence-electron chi connectivity index (χ2n) is 4.84. The molecule has 2 rings (SSSR count). The van der Waals surface area contributed by atoms with Crippen molar-refractivity contribution in [3.8, 4) is 0 Å². The van der Waals surface area contributed by atoms with Crippen LogP contribution in [0, 0.1) is 0 Å². The van der Waals surface area contributed by atoms with Crippen molar-refractivity contribution in [3.05, 3.63) is 23.2 Å². The molecule has 1 aromatic rings. The first-order chi connectivity index (χ1) is 9.95. The van der Waals surface area contributed by atoms with E-state index in [2.05, 4.69) is 5.32 Å². The molecule has 1 saturated heterocycles. The van der Waals surface area contributed by atoms with Crippen LogP contribution in [0.3, 0.4) is 0 Å². The molecule has 0 saturated carbocycles. The number of hydrogen-bond acceptors (Lipinski definition) is 4. The minimum Gasteiger partial charge on any atom is -0.330 e. The lowest BCUT2D eigenvalue weighted by Crippen LogP contribution is -2.28. The number of halogens is 2. The summed E-state index contributed by atoms with van der Waals surface area (Å²) in [6, 6.07) is 4.44. The number of anilines is 1. The zero-order valence-corrected chi connectivity index (χ0v) is 14.3. The van der Waals surface area contributed by atoms with Gasteiger partial charge in [-0.2, -0.15) is 4.31 Å². The SMILES string of the molecule is Cl.NCCC(=O)Nc1ccc(Cl)c(S(=O)(=O)N2CCCC2)c1. The van der Waals surface area contributed by atoms with Gasteiger partial charge in [-0.3, -0.25) is 4.79 Å². The lowest BCUT2D eigenvalue weighted by atomic mass is 10.3. The molecule has 124 valence electrons. The molecule has 1 heterocycles. The first-order valence-electron chi connectivity index (χ1n) is 6.75. The number of nitrogens with zero attached hydrogens (tertiary/aromatic N) is 1. The van der Waals surface area contributed by atoms with Gasteiger partial charge in [0.15, 0.2) is 0 Å². The van der Waals surface area contributed by atoms with Gasteiger partial charge in [0, 0.05) is 31.7 Å². The summed E-state index contributed by atoms with van der Waals surface area (Å²) in [6.45, 7) is 1.24. The molecule has 9 heteroatoms. The van der Waals surface area contributed by atoms with Crippen LogP contribution in [0.15, 0.2) is 23.1 Å². The first kappa shape index (κ1) is 19.2. The monoisotopic (exact) mass is 367 g/mol. The third-order valence-electron chi connectivity index (χ3n) is 3.27. The lowest BCUT2D eigenvalue weighted by Gasteiger charge is -2.17. The van der Waals surface area contributed by atoms with E-state index in [1.807, 2.05) is 0 Å². The smallest absolute Gasteiger partial charge is 0.244 e. The minimum absolute atomic E-state index is 0. The van der Waals surface area contributed by atoms with Crippen LogP contribution >= 0.6 is 24.0 Å². The summed E-state index contributed by atoms with van der Waals surface area (Å²) in [6.07, 6.45) is 1.88. The zero-order chi connectivity index (χ0) is 15.5. The van der Waals surface area contributed by atoms with E-state index < -0.39 is 10.0 Å². The molecule has 0 unspecified atom stereocenters. The van der Waals surface area contributed by atoms with Gasteiger partial charge in [-0.1, -0.05) is 11.6 Å². The number of hydrogen-bond donors (Lipinski definition) is 2. The Morgan fingerprint density at radius 1 is 1.32 bits per heavy atom. The number of nitrogens with one attached hydrogen (secondary N) is 1. The largest absolute Gasteiger partial charge is 0.330 e. The van der Waals surface area contributed by atoms with Gasteiger partial charge in [-0.25, -0.2) is 8.42 Å². The topological polar surface area (TPSA) is 92.5 Å². The van der Waals surface area contributed by atoms with Crippen molar-refractivity contribution in [3.63, 3.8) is 0 Å². The predicted molar refractivity (Wildman–Crippen MR) is 89.0 cm³/mol. The van der Waals surface area contributed by atoms with Crippen molar-refractivity contribution in [2.45, 2.75) is 24.2 Å². The summed E-state index contributed by atoms with van der Waals surface area (Å²) in [5.41, 5.74) is 5.70. The van der Waals surface area contributed by atoms with E-state index in [1.54, 1.807) is 6.07 Å². The Labute approximate surface area is 141 Å². The summed E-state index contributed by atoms with van der Waals surface area (Å²) in [4.78, 5) is 11.6. The van der Waals surface area contributed by atoms with Crippen LogP contribution in [0.2, 0.25) is 5.02 Å². The normalized spacial score (nSPS) is 15.4. The molecular weight excluding hydrogens is 349 g/mol. The second-order valence-corrected chi connectivity index (χ2v) is 7.16. The van der Waals surface area contributed by atoms with Gasteiger partial charge in [0.05, 0.1) is 5.02 Å². The fourth-order valence-electron chi connectivity index (χ4n) is 2.20. The van der Waals surface area contributed by atoms with E-state index in [1.165, 1.54) is 16.4 Å². The highest BCUT2D eigenvalue weighted by atomic mass is 35.5. The molecular formula is C13H19Cl2N3O3S. The van der Waals surface area contributed by atoms with Gasteiger partial charge in [0.25, 0.3) is 0 Å². The Morgan fingerprint density at radius 3 is 2.55 bits per heavy atom. The highest BCUT2D eigenvalue weighted by Gasteiger charge is 2.29. The molecule has 1 aromatic carbocycles. The number of rotatable bonds is 5. The van der Waals surface area contributed by atoms with E-state index in [4.69, 9.17) is 17.3 Å². The van der Waals surface area contributed by atoms with E-state index in [-0.39, 0.29) is 41.2 Å². The maximum Gasteiger partial charge on any atom is 0.244 e. The summed E-state index contributed by atoms with van der Waals surface area (Å²) in [7, 11) is -3.61. The highest BCUT2D eigenvalue weighted by Crippen LogP contribution is 2.29. The van der Waals surface area contributed by atoms with E-state index in [0.717, 1.165) is 12.8 Å². The van der Waals surface area contributed by atoms with Gasteiger partial charge in [0.1, 0.15) is 4.90 Å². The van der Waals surface area contributed by atoms with Crippen LogP contribution in [0.25, 0.3) is 0 Å². The Balaban J connectivity index is 0.00000242. The Bertz CT molecular complexity index is 631. The summed E-state index contributed by atoms with van der Waals surface area (Å²) in [5, 5.41) is 2.76. The molecule has 0 radical (unpaired) electrons. The van der Waals surface area contributed by atoms with Gasteiger partial charge in [0.2, 0.25) is 15.9 Å². The lowest BCUT2D eigenvalue weighted by molar-refractivity contribution is -0.116. The molecule has 22 heavy (non-hydrogen) atoms. The maximum atomic E-state index is 12.5. The minimum atomic E-state index is -3.61. The highest BCUT2D eigenvalue weighted by molar-refractivity contribution is 7.89.